The van der Waals surface area contributed by atoms with Crippen molar-refractivity contribution in [1.82, 2.24) is 4.57 Å². The second-order valence-electron chi connectivity index (χ2n) is 18.4. The summed E-state index contributed by atoms with van der Waals surface area (Å²) < 4.78 is 9.22. The van der Waals surface area contributed by atoms with Gasteiger partial charge in [-0.05, 0) is 116 Å². The van der Waals surface area contributed by atoms with E-state index in [2.05, 4.69) is 242 Å². The van der Waals surface area contributed by atoms with E-state index in [0.717, 1.165) is 45.4 Å². The Bertz CT molecular complexity index is 3750. The zero-order valence-electron chi connectivity index (χ0n) is 36.1. The van der Waals surface area contributed by atoms with Gasteiger partial charge in [0.15, 0.2) is 0 Å². The van der Waals surface area contributed by atoms with Gasteiger partial charge in [-0.25, -0.2) is 0 Å². The normalized spacial score (nSPS) is 14.4. The molecule has 1 spiro atoms. The molecule has 3 heteroatoms. The molecule has 10 aromatic carbocycles. The lowest BCUT2D eigenvalue weighted by molar-refractivity contribution is 0.435. The highest BCUT2D eigenvalue weighted by molar-refractivity contribution is 6.11. The highest BCUT2D eigenvalue weighted by atomic mass is 16.5. The van der Waals surface area contributed by atoms with Gasteiger partial charge in [0.25, 0.3) is 0 Å². The Hall–Kier alpha value is -8.14. The Balaban J connectivity index is 1.10. The Morgan fingerprint density at radius 1 is 0.415 bits per heavy atom. The second kappa shape index (κ2) is 13.2. The molecule has 0 atom stereocenters. The SMILES string of the molecule is CC1(C)c2ccccc2-c2c(N(c3ccc4c(c3)C3(c5ccccc5Oc5ccccc53)c3cccc5cccc-4c35)c3ccc4c(c3)c3ccccc3n4-c3ccccc3)cccc21. The minimum Gasteiger partial charge on any atom is -0.457 e. The number of anilines is 3. The number of fused-ring (bicyclic) bond motifs is 14. The average molecular weight is 831 g/mol. The Kier molecular flexibility index (Phi) is 7.38. The summed E-state index contributed by atoms with van der Waals surface area (Å²) in [5.74, 6) is 1.77. The van der Waals surface area contributed by atoms with E-state index >= 15 is 0 Å². The first-order valence-corrected chi connectivity index (χ1v) is 22.7. The van der Waals surface area contributed by atoms with E-state index in [0.29, 0.717) is 0 Å². The van der Waals surface area contributed by atoms with Gasteiger partial charge in [-0.2, -0.15) is 0 Å². The fourth-order valence-corrected chi connectivity index (χ4v) is 12.1. The number of rotatable bonds is 4. The highest BCUT2D eigenvalue weighted by Crippen LogP contribution is 2.62. The highest BCUT2D eigenvalue weighted by Gasteiger charge is 2.50. The third-order valence-electron chi connectivity index (χ3n) is 14.8. The average Bonchev–Trinajstić information content (AvgIpc) is 3.81. The van der Waals surface area contributed by atoms with Gasteiger partial charge in [0.05, 0.1) is 22.1 Å². The quantitative estimate of drug-likeness (QED) is 0.176. The molecule has 0 bridgehead atoms. The number of hydrogen-bond donors (Lipinski definition) is 0. The maximum atomic E-state index is 6.82. The van der Waals surface area contributed by atoms with Crippen LogP contribution in [0.1, 0.15) is 47.2 Å². The van der Waals surface area contributed by atoms with Crippen molar-refractivity contribution >= 4 is 49.6 Å². The van der Waals surface area contributed by atoms with Crippen LogP contribution in [0.2, 0.25) is 0 Å². The first-order valence-electron chi connectivity index (χ1n) is 22.7. The Morgan fingerprint density at radius 3 is 1.83 bits per heavy atom. The summed E-state index contributed by atoms with van der Waals surface area (Å²) in [5, 5.41) is 4.96. The van der Waals surface area contributed by atoms with E-state index in [9.17, 15) is 0 Å². The maximum Gasteiger partial charge on any atom is 0.132 e. The van der Waals surface area contributed by atoms with Crippen LogP contribution in [0.15, 0.2) is 218 Å². The maximum absolute atomic E-state index is 6.82. The predicted octanol–water partition coefficient (Wildman–Crippen LogP) is 16.2. The molecule has 11 aromatic rings. The van der Waals surface area contributed by atoms with Crippen LogP contribution in [-0.4, -0.2) is 4.57 Å². The largest absolute Gasteiger partial charge is 0.457 e. The van der Waals surface area contributed by atoms with Crippen LogP contribution in [0.3, 0.4) is 0 Å². The molecule has 1 aliphatic heterocycles. The van der Waals surface area contributed by atoms with Crippen LogP contribution in [0.5, 0.6) is 11.5 Å². The van der Waals surface area contributed by atoms with Crippen molar-refractivity contribution in [3.63, 3.8) is 0 Å². The summed E-state index contributed by atoms with van der Waals surface area (Å²) in [5.41, 5.74) is 18.6. The fraction of sp³-hybridized carbons (Fsp3) is 0.0645. The first-order chi connectivity index (χ1) is 32.0. The number of ether oxygens (including phenoxy) is 1. The first kappa shape index (κ1) is 36.4. The minimum absolute atomic E-state index is 0.168. The molecular weight excluding hydrogens is 789 g/mol. The lowest BCUT2D eigenvalue weighted by Gasteiger charge is -2.45. The van der Waals surface area contributed by atoms with E-state index in [4.69, 9.17) is 4.74 Å². The van der Waals surface area contributed by atoms with E-state index in [1.165, 1.54) is 77.1 Å². The molecule has 0 fully saturated rings. The van der Waals surface area contributed by atoms with Gasteiger partial charge >= 0.3 is 0 Å². The molecule has 3 nitrogen and oxygen atoms in total. The number of aromatic nitrogens is 1. The lowest BCUT2D eigenvalue weighted by atomic mass is 9.58. The van der Waals surface area contributed by atoms with Crippen LogP contribution >= 0.6 is 0 Å². The van der Waals surface area contributed by atoms with Crippen molar-refractivity contribution in [2.45, 2.75) is 24.7 Å². The molecule has 0 saturated carbocycles. The topological polar surface area (TPSA) is 17.4 Å². The van der Waals surface area contributed by atoms with Crippen LogP contribution in [0.4, 0.5) is 17.1 Å². The summed E-state index contributed by atoms with van der Waals surface area (Å²) in [7, 11) is 0. The van der Waals surface area contributed by atoms with Crippen LogP contribution in [0.25, 0.3) is 60.5 Å². The summed E-state index contributed by atoms with van der Waals surface area (Å²) in [6.07, 6.45) is 0. The molecule has 0 radical (unpaired) electrons. The Morgan fingerprint density at radius 2 is 1.02 bits per heavy atom. The van der Waals surface area contributed by atoms with E-state index < -0.39 is 5.41 Å². The number of benzene rings is 10. The van der Waals surface area contributed by atoms with Crippen LogP contribution in [-0.2, 0) is 10.8 Å². The third kappa shape index (κ3) is 4.79. The van der Waals surface area contributed by atoms with Gasteiger partial charge in [0, 0.05) is 49.9 Å². The van der Waals surface area contributed by atoms with E-state index in [1.54, 1.807) is 0 Å². The molecule has 3 aliphatic rings. The predicted molar refractivity (Wildman–Crippen MR) is 268 cm³/mol. The van der Waals surface area contributed by atoms with E-state index in [-0.39, 0.29) is 5.41 Å². The molecule has 306 valence electrons. The Labute approximate surface area is 378 Å². The third-order valence-corrected chi connectivity index (χ3v) is 14.8. The number of hydrogen-bond acceptors (Lipinski definition) is 2. The van der Waals surface area contributed by atoms with Gasteiger partial charge in [-0.1, -0.05) is 166 Å². The zero-order valence-corrected chi connectivity index (χ0v) is 36.1. The molecule has 0 amide bonds. The molecule has 2 heterocycles. The van der Waals surface area contributed by atoms with Gasteiger partial charge < -0.3 is 14.2 Å². The molecule has 14 rings (SSSR count). The fourth-order valence-electron chi connectivity index (χ4n) is 12.1. The van der Waals surface area contributed by atoms with Gasteiger partial charge in [-0.3, -0.25) is 0 Å². The molecule has 2 aliphatic carbocycles. The van der Waals surface area contributed by atoms with E-state index in [1.807, 2.05) is 0 Å². The molecule has 0 N–H and O–H groups in total. The van der Waals surface area contributed by atoms with Gasteiger partial charge in [-0.15, -0.1) is 0 Å². The lowest BCUT2D eigenvalue weighted by Crippen LogP contribution is -2.36. The molecule has 1 aromatic heterocycles. The summed E-state index contributed by atoms with van der Waals surface area (Å²) in [6.45, 7) is 4.74. The summed E-state index contributed by atoms with van der Waals surface area (Å²) in [6, 6.07) is 80.8. The monoisotopic (exact) mass is 830 g/mol. The molecule has 65 heavy (non-hydrogen) atoms. The summed E-state index contributed by atoms with van der Waals surface area (Å²) >= 11 is 0. The molecule has 0 saturated heterocycles. The van der Waals surface area contributed by atoms with Crippen molar-refractivity contribution in [3.8, 4) is 39.4 Å². The van der Waals surface area contributed by atoms with Crippen molar-refractivity contribution < 1.29 is 4.74 Å². The second-order valence-corrected chi connectivity index (χ2v) is 18.4. The zero-order chi connectivity index (χ0) is 43.0. The van der Waals surface area contributed by atoms with Crippen molar-refractivity contribution in [2.24, 2.45) is 0 Å². The smallest absolute Gasteiger partial charge is 0.132 e. The number of nitrogens with zero attached hydrogens (tertiary/aromatic N) is 2. The molecule has 0 unspecified atom stereocenters. The van der Waals surface area contributed by atoms with Crippen molar-refractivity contribution in [3.05, 3.63) is 252 Å². The van der Waals surface area contributed by atoms with Crippen molar-refractivity contribution in [1.29, 1.82) is 0 Å². The summed E-state index contributed by atoms with van der Waals surface area (Å²) in [4.78, 5) is 2.54. The van der Waals surface area contributed by atoms with Gasteiger partial charge in [0.2, 0.25) is 0 Å². The minimum atomic E-state index is -0.670. The van der Waals surface area contributed by atoms with Crippen LogP contribution in [0, 0.1) is 0 Å². The standard InChI is InChI=1S/C62H42N2O/c1-61(2)48-24-8-6-22-46(48)60-51(61)27-16-30-56(60)63(41-34-36-55-47(37-41)44-21-7-11-29-54(44)64(55)40-19-4-3-5-20-40)42-33-35-43-45-23-14-17-39-18-15-28-52(59(39)45)62(53(43)38-42)49-25-9-12-31-57(49)65-58-32-13-10-26-50(58)62/h3-38H,1-2H3. The van der Waals surface area contributed by atoms with Gasteiger partial charge in [0.1, 0.15) is 11.5 Å². The van der Waals surface area contributed by atoms with Crippen LogP contribution < -0.4 is 9.64 Å². The molecular formula is C62H42N2O. The van der Waals surface area contributed by atoms with Crippen molar-refractivity contribution in [2.75, 3.05) is 4.90 Å². The number of para-hydroxylation sites is 4.